The summed E-state index contributed by atoms with van der Waals surface area (Å²) in [5.74, 6) is -1.06. The van der Waals surface area contributed by atoms with Gasteiger partial charge in [-0.25, -0.2) is 4.79 Å². The Hall–Kier alpha value is -2.04. The molecule has 0 spiro atoms. The van der Waals surface area contributed by atoms with E-state index in [4.69, 9.17) is 5.11 Å². The zero-order chi connectivity index (χ0) is 16.7. The number of rotatable bonds is 6. The highest BCUT2D eigenvalue weighted by molar-refractivity contribution is 5.75. The Morgan fingerprint density at radius 1 is 1.26 bits per heavy atom. The van der Waals surface area contributed by atoms with E-state index >= 15 is 0 Å². The van der Waals surface area contributed by atoms with Crippen LogP contribution >= 0.6 is 0 Å². The quantitative estimate of drug-likeness (QED) is 0.847. The summed E-state index contributed by atoms with van der Waals surface area (Å²) in [6.07, 6.45) is 3.86. The molecule has 1 aromatic rings. The van der Waals surface area contributed by atoms with E-state index in [1.807, 2.05) is 18.2 Å². The molecular formula is C18H26N2O3. The van der Waals surface area contributed by atoms with Crippen molar-refractivity contribution in [1.82, 2.24) is 10.2 Å². The fourth-order valence-corrected chi connectivity index (χ4v) is 3.07. The first-order valence-corrected chi connectivity index (χ1v) is 8.42. The van der Waals surface area contributed by atoms with Crippen LogP contribution in [-0.4, -0.2) is 41.1 Å². The number of carboxylic acid groups (broad SMARTS) is 1. The van der Waals surface area contributed by atoms with Gasteiger partial charge in [0, 0.05) is 19.1 Å². The fourth-order valence-electron chi connectivity index (χ4n) is 3.07. The Labute approximate surface area is 137 Å². The van der Waals surface area contributed by atoms with Crippen LogP contribution in [0.2, 0.25) is 0 Å². The summed E-state index contributed by atoms with van der Waals surface area (Å²) in [7, 11) is 0. The van der Waals surface area contributed by atoms with Crippen LogP contribution in [0.4, 0.5) is 4.79 Å². The molecule has 1 unspecified atom stereocenters. The second kappa shape index (κ2) is 8.56. The lowest BCUT2D eigenvalue weighted by Crippen LogP contribution is -2.49. The normalized spacial score (nSPS) is 16.8. The summed E-state index contributed by atoms with van der Waals surface area (Å²) < 4.78 is 0. The number of likely N-dealkylation sites (tertiary alicyclic amines) is 1. The van der Waals surface area contributed by atoms with Gasteiger partial charge < -0.3 is 15.3 Å². The van der Waals surface area contributed by atoms with Crippen molar-refractivity contribution in [2.75, 3.05) is 13.1 Å². The predicted octanol–water partition coefficient (Wildman–Crippen LogP) is 2.90. The monoisotopic (exact) mass is 318 g/mol. The molecule has 23 heavy (non-hydrogen) atoms. The standard InChI is InChI=1S/C18H26N2O3/c1-2-6-16(13-14-7-4-3-5-8-14)19-18(23)20-11-9-15(10-12-20)17(21)22/h3-5,7-8,15-16H,2,6,9-13H2,1H3,(H,19,23)(H,21,22). The molecular weight excluding hydrogens is 292 g/mol. The molecule has 2 rings (SSSR count). The van der Waals surface area contributed by atoms with Gasteiger partial charge >= 0.3 is 12.0 Å². The minimum atomic E-state index is -0.752. The maximum atomic E-state index is 12.4. The molecule has 0 bridgehead atoms. The van der Waals surface area contributed by atoms with E-state index in [2.05, 4.69) is 24.4 Å². The van der Waals surface area contributed by atoms with Crippen LogP contribution in [0.15, 0.2) is 30.3 Å². The van der Waals surface area contributed by atoms with Crippen LogP contribution in [0, 0.1) is 5.92 Å². The van der Waals surface area contributed by atoms with E-state index in [9.17, 15) is 9.59 Å². The molecule has 1 fully saturated rings. The maximum absolute atomic E-state index is 12.4. The summed E-state index contributed by atoms with van der Waals surface area (Å²) >= 11 is 0. The third-order valence-corrected chi connectivity index (χ3v) is 4.42. The van der Waals surface area contributed by atoms with Crippen LogP contribution in [0.3, 0.4) is 0 Å². The molecule has 126 valence electrons. The highest BCUT2D eigenvalue weighted by Gasteiger charge is 2.27. The Morgan fingerprint density at radius 3 is 2.48 bits per heavy atom. The molecule has 1 saturated heterocycles. The van der Waals surface area contributed by atoms with E-state index < -0.39 is 5.97 Å². The van der Waals surface area contributed by atoms with E-state index in [0.29, 0.717) is 25.9 Å². The fraction of sp³-hybridized carbons (Fsp3) is 0.556. The average Bonchev–Trinajstić information content (AvgIpc) is 2.56. The Balaban J connectivity index is 1.87. The van der Waals surface area contributed by atoms with Crippen LogP contribution in [-0.2, 0) is 11.2 Å². The lowest BCUT2D eigenvalue weighted by atomic mass is 9.97. The number of carboxylic acids is 1. The van der Waals surface area contributed by atoms with E-state index in [0.717, 1.165) is 19.3 Å². The van der Waals surface area contributed by atoms with Crippen LogP contribution in [0.5, 0.6) is 0 Å². The molecule has 0 radical (unpaired) electrons. The van der Waals surface area contributed by atoms with Crippen molar-refractivity contribution in [2.24, 2.45) is 5.92 Å². The highest BCUT2D eigenvalue weighted by atomic mass is 16.4. The summed E-state index contributed by atoms with van der Waals surface area (Å²) in [6.45, 7) is 3.16. The van der Waals surface area contributed by atoms with Gasteiger partial charge in [0.15, 0.2) is 0 Å². The highest BCUT2D eigenvalue weighted by Crippen LogP contribution is 2.17. The van der Waals surface area contributed by atoms with Crippen molar-refractivity contribution >= 4 is 12.0 Å². The summed E-state index contributed by atoms with van der Waals surface area (Å²) in [4.78, 5) is 25.1. The molecule has 0 saturated carbocycles. The number of piperidine rings is 1. The van der Waals surface area contributed by atoms with Gasteiger partial charge in [0.2, 0.25) is 0 Å². The number of nitrogens with one attached hydrogen (secondary N) is 1. The van der Waals surface area contributed by atoms with Gasteiger partial charge in [-0.1, -0.05) is 43.7 Å². The molecule has 1 aliphatic heterocycles. The van der Waals surface area contributed by atoms with Gasteiger partial charge in [0.1, 0.15) is 0 Å². The third kappa shape index (κ3) is 5.27. The molecule has 1 aliphatic rings. The van der Waals surface area contributed by atoms with Gasteiger partial charge in [-0.2, -0.15) is 0 Å². The summed E-state index contributed by atoms with van der Waals surface area (Å²) in [5.41, 5.74) is 1.22. The number of carbonyl (C=O) groups excluding carboxylic acids is 1. The predicted molar refractivity (Wildman–Crippen MR) is 89.3 cm³/mol. The minimum Gasteiger partial charge on any atom is -0.481 e. The Kier molecular flexibility index (Phi) is 6.44. The lowest BCUT2D eigenvalue weighted by Gasteiger charge is -2.31. The molecule has 0 aliphatic carbocycles. The van der Waals surface area contributed by atoms with E-state index in [1.165, 1.54) is 5.56 Å². The van der Waals surface area contributed by atoms with Crippen molar-refractivity contribution in [2.45, 2.75) is 45.1 Å². The number of hydrogen-bond acceptors (Lipinski definition) is 2. The minimum absolute atomic E-state index is 0.0665. The number of benzene rings is 1. The van der Waals surface area contributed by atoms with Crippen molar-refractivity contribution in [3.8, 4) is 0 Å². The van der Waals surface area contributed by atoms with Crippen molar-refractivity contribution in [1.29, 1.82) is 0 Å². The summed E-state index contributed by atoms with van der Waals surface area (Å²) in [6, 6.07) is 10.2. The second-order valence-corrected chi connectivity index (χ2v) is 6.22. The van der Waals surface area contributed by atoms with Crippen molar-refractivity contribution in [3.63, 3.8) is 0 Å². The first-order chi connectivity index (χ1) is 11.1. The molecule has 5 heteroatoms. The second-order valence-electron chi connectivity index (χ2n) is 6.22. The Bertz CT molecular complexity index is 510. The Morgan fingerprint density at radius 2 is 1.91 bits per heavy atom. The molecule has 5 nitrogen and oxygen atoms in total. The topological polar surface area (TPSA) is 69.6 Å². The third-order valence-electron chi connectivity index (χ3n) is 4.42. The smallest absolute Gasteiger partial charge is 0.317 e. The lowest BCUT2D eigenvalue weighted by molar-refractivity contribution is -0.143. The number of hydrogen-bond donors (Lipinski definition) is 2. The van der Waals surface area contributed by atoms with E-state index in [1.54, 1.807) is 4.90 Å². The van der Waals surface area contributed by atoms with Gasteiger partial charge in [-0.3, -0.25) is 4.79 Å². The van der Waals surface area contributed by atoms with Crippen LogP contribution in [0.25, 0.3) is 0 Å². The van der Waals surface area contributed by atoms with Gasteiger partial charge in [0.05, 0.1) is 5.92 Å². The molecule has 1 aromatic carbocycles. The molecule has 1 atom stereocenters. The number of nitrogens with zero attached hydrogens (tertiary/aromatic N) is 1. The van der Waals surface area contributed by atoms with Crippen LogP contribution in [0.1, 0.15) is 38.2 Å². The number of amides is 2. The summed E-state index contributed by atoms with van der Waals surface area (Å²) in [5, 5.41) is 12.1. The largest absolute Gasteiger partial charge is 0.481 e. The van der Waals surface area contributed by atoms with Crippen molar-refractivity contribution < 1.29 is 14.7 Å². The van der Waals surface area contributed by atoms with Crippen LogP contribution < -0.4 is 5.32 Å². The van der Waals surface area contributed by atoms with Gasteiger partial charge in [-0.15, -0.1) is 0 Å². The zero-order valence-electron chi connectivity index (χ0n) is 13.7. The molecule has 2 amide bonds. The molecule has 1 heterocycles. The molecule has 0 aromatic heterocycles. The van der Waals surface area contributed by atoms with Gasteiger partial charge in [-0.05, 0) is 31.2 Å². The SMILES string of the molecule is CCCC(Cc1ccccc1)NC(=O)N1CCC(C(=O)O)CC1. The molecule has 2 N–H and O–H groups in total. The number of aliphatic carboxylic acids is 1. The van der Waals surface area contributed by atoms with Gasteiger partial charge in [0.25, 0.3) is 0 Å². The first kappa shape index (κ1) is 17.3. The zero-order valence-corrected chi connectivity index (χ0v) is 13.7. The van der Waals surface area contributed by atoms with E-state index in [-0.39, 0.29) is 18.0 Å². The van der Waals surface area contributed by atoms with Crippen molar-refractivity contribution in [3.05, 3.63) is 35.9 Å². The average molecular weight is 318 g/mol. The first-order valence-electron chi connectivity index (χ1n) is 8.42. The number of carbonyl (C=O) groups is 2. The number of urea groups is 1. The maximum Gasteiger partial charge on any atom is 0.317 e.